The Morgan fingerprint density at radius 2 is 2.11 bits per heavy atom. The third-order valence-corrected chi connectivity index (χ3v) is 2.28. The fraction of sp³-hybridized carbons (Fsp3) is 0.0714. The number of hydrogen-bond acceptors (Lipinski definition) is 4. The number of amides is 1. The van der Waals surface area contributed by atoms with Crippen molar-refractivity contribution in [1.29, 1.82) is 5.26 Å². The molecule has 5 nitrogen and oxygen atoms in total. The number of nitrogens with one attached hydrogen (secondary N) is 1. The number of para-hydroxylation sites is 2. The predicted molar refractivity (Wildman–Crippen MR) is 69.8 cm³/mol. The monoisotopic (exact) mass is 253 g/mol. The summed E-state index contributed by atoms with van der Waals surface area (Å²) in [5, 5.41) is 11.4. The molecule has 1 amide bonds. The van der Waals surface area contributed by atoms with Crippen molar-refractivity contribution in [1.82, 2.24) is 4.98 Å². The summed E-state index contributed by atoms with van der Waals surface area (Å²) in [7, 11) is 0. The van der Waals surface area contributed by atoms with Crippen molar-refractivity contribution in [2.24, 2.45) is 0 Å². The van der Waals surface area contributed by atoms with E-state index in [4.69, 9.17) is 10.00 Å². The molecule has 0 aliphatic rings. The van der Waals surface area contributed by atoms with E-state index in [1.165, 1.54) is 13.1 Å². The molecule has 94 valence electrons. The number of aromatic nitrogens is 1. The zero-order valence-corrected chi connectivity index (χ0v) is 10.3. The van der Waals surface area contributed by atoms with Crippen LogP contribution in [-0.4, -0.2) is 10.9 Å². The average Bonchev–Trinajstić information content (AvgIpc) is 2.41. The molecule has 0 bridgehead atoms. The molecule has 0 spiro atoms. The molecular weight excluding hydrogens is 242 g/mol. The Morgan fingerprint density at radius 3 is 2.74 bits per heavy atom. The third kappa shape index (κ3) is 3.30. The van der Waals surface area contributed by atoms with Crippen LogP contribution in [-0.2, 0) is 4.79 Å². The topological polar surface area (TPSA) is 75.0 Å². The normalized spacial score (nSPS) is 9.47. The van der Waals surface area contributed by atoms with Gasteiger partial charge in [-0.25, -0.2) is 4.98 Å². The lowest BCUT2D eigenvalue weighted by Gasteiger charge is -2.10. The first-order valence-electron chi connectivity index (χ1n) is 5.59. The highest BCUT2D eigenvalue weighted by Gasteiger charge is 2.06. The molecule has 0 saturated heterocycles. The van der Waals surface area contributed by atoms with Crippen LogP contribution in [0, 0.1) is 11.3 Å². The number of rotatable bonds is 3. The zero-order chi connectivity index (χ0) is 13.7. The van der Waals surface area contributed by atoms with Crippen molar-refractivity contribution in [3.05, 3.63) is 48.2 Å². The summed E-state index contributed by atoms with van der Waals surface area (Å²) >= 11 is 0. The van der Waals surface area contributed by atoms with E-state index in [9.17, 15) is 4.79 Å². The van der Waals surface area contributed by atoms with Crippen LogP contribution in [0.3, 0.4) is 0 Å². The Kier molecular flexibility index (Phi) is 3.74. The molecule has 2 rings (SSSR count). The summed E-state index contributed by atoms with van der Waals surface area (Å²) in [6.07, 6.45) is 1.43. The smallest absolute Gasteiger partial charge is 0.221 e. The van der Waals surface area contributed by atoms with Gasteiger partial charge in [0, 0.05) is 19.2 Å². The molecular formula is C14H11N3O2. The lowest BCUT2D eigenvalue weighted by atomic mass is 10.3. The third-order valence-electron chi connectivity index (χ3n) is 2.28. The van der Waals surface area contributed by atoms with Crippen LogP contribution in [0.4, 0.5) is 5.69 Å². The Hall–Kier alpha value is -2.87. The van der Waals surface area contributed by atoms with E-state index in [-0.39, 0.29) is 5.91 Å². The van der Waals surface area contributed by atoms with Crippen LogP contribution >= 0.6 is 0 Å². The van der Waals surface area contributed by atoms with Crippen LogP contribution in [0.1, 0.15) is 12.5 Å². The minimum Gasteiger partial charge on any atom is -0.437 e. The highest BCUT2D eigenvalue weighted by molar-refractivity contribution is 5.90. The summed E-state index contributed by atoms with van der Waals surface area (Å²) in [4.78, 5) is 15.1. The number of carbonyl (C=O) groups is 1. The maximum absolute atomic E-state index is 11.1. The Bertz CT molecular complexity index is 630. The van der Waals surface area contributed by atoms with Gasteiger partial charge in [-0.3, -0.25) is 4.79 Å². The maximum Gasteiger partial charge on any atom is 0.221 e. The fourth-order valence-electron chi connectivity index (χ4n) is 1.47. The van der Waals surface area contributed by atoms with Crippen molar-refractivity contribution in [3.8, 4) is 17.7 Å². The van der Waals surface area contributed by atoms with Crippen LogP contribution < -0.4 is 10.1 Å². The number of hydrogen-bond donors (Lipinski definition) is 1. The summed E-state index contributed by atoms with van der Waals surface area (Å²) in [6, 6.07) is 12.3. The van der Waals surface area contributed by atoms with Crippen molar-refractivity contribution >= 4 is 11.6 Å². The van der Waals surface area contributed by atoms with Crippen molar-refractivity contribution in [2.75, 3.05) is 5.32 Å². The van der Waals surface area contributed by atoms with Gasteiger partial charge >= 0.3 is 0 Å². The van der Waals surface area contributed by atoms with Gasteiger partial charge in [0.15, 0.2) is 5.75 Å². The lowest BCUT2D eigenvalue weighted by Crippen LogP contribution is -2.06. The van der Waals surface area contributed by atoms with E-state index in [0.29, 0.717) is 22.9 Å². The largest absolute Gasteiger partial charge is 0.437 e. The van der Waals surface area contributed by atoms with Gasteiger partial charge in [-0.1, -0.05) is 12.1 Å². The average molecular weight is 253 g/mol. The minimum absolute atomic E-state index is 0.177. The van der Waals surface area contributed by atoms with Gasteiger partial charge in [0.05, 0.1) is 11.3 Å². The molecule has 1 heterocycles. The molecule has 0 fully saturated rings. The molecule has 0 radical (unpaired) electrons. The van der Waals surface area contributed by atoms with Gasteiger partial charge in [-0.2, -0.15) is 5.26 Å². The molecule has 0 unspecified atom stereocenters. The number of anilines is 1. The zero-order valence-electron chi connectivity index (χ0n) is 10.3. The SMILES string of the molecule is CC(=O)Nc1ccccc1Oc1ccc(C#N)cn1. The molecule has 0 aliphatic carbocycles. The number of carbonyl (C=O) groups excluding carboxylic acids is 1. The second kappa shape index (κ2) is 5.65. The summed E-state index contributed by atoms with van der Waals surface area (Å²) in [5.74, 6) is 0.676. The minimum atomic E-state index is -0.177. The fourth-order valence-corrected chi connectivity index (χ4v) is 1.47. The first kappa shape index (κ1) is 12.6. The number of pyridine rings is 1. The second-order valence-electron chi connectivity index (χ2n) is 3.78. The van der Waals surface area contributed by atoms with Crippen molar-refractivity contribution in [2.45, 2.75) is 6.92 Å². The lowest BCUT2D eigenvalue weighted by molar-refractivity contribution is -0.114. The van der Waals surface area contributed by atoms with Crippen LogP contribution in [0.25, 0.3) is 0 Å². The number of nitrogens with zero attached hydrogens (tertiary/aromatic N) is 2. The van der Waals surface area contributed by atoms with Crippen molar-refractivity contribution < 1.29 is 9.53 Å². The highest BCUT2D eigenvalue weighted by atomic mass is 16.5. The first-order chi connectivity index (χ1) is 9.19. The van der Waals surface area contributed by atoms with Crippen LogP contribution in [0.5, 0.6) is 11.6 Å². The van der Waals surface area contributed by atoms with Gasteiger partial charge in [0.1, 0.15) is 6.07 Å². The van der Waals surface area contributed by atoms with Crippen LogP contribution in [0.15, 0.2) is 42.6 Å². The Morgan fingerprint density at radius 1 is 1.32 bits per heavy atom. The van der Waals surface area contributed by atoms with E-state index in [1.807, 2.05) is 6.07 Å². The first-order valence-corrected chi connectivity index (χ1v) is 5.59. The van der Waals surface area contributed by atoms with E-state index >= 15 is 0 Å². The molecule has 0 atom stereocenters. The number of benzene rings is 1. The van der Waals surface area contributed by atoms with E-state index in [0.717, 1.165) is 0 Å². The van der Waals surface area contributed by atoms with E-state index < -0.39 is 0 Å². The van der Waals surface area contributed by atoms with Crippen LogP contribution in [0.2, 0.25) is 0 Å². The van der Waals surface area contributed by atoms with Gasteiger partial charge in [-0.05, 0) is 18.2 Å². The number of ether oxygens (including phenoxy) is 1. The molecule has 2 aromatic rings. The number of nitriles is 1. The molecule has 0 saturated carbocycles. The Labute approximate surface area is 110 Å². The summed E-state index contributed by atoms with van der Waals surface area (Å²) < 4.78 is 5.57. The maximum atomic E-state index is 11.1. The molecule has 0 aliphatic heterocycles. The summed E-state index contributed by atoms with van der Waals surface area (Å²) in [5.41, 5.74) is 1.03. The van der Waals surface area contributed by atoms with E-state index in [2.05, 4.69) is 10.3 Å². The Balaban J connectivity index is 2.22. The molecule has 1 aromatic carbocycles. The summed E-state index contributed by atoms with van der Waals surface area (Å²) in [6.45, 7) is 1.43. The molecule has 19 heavy (non-hydrogen) atoms. The van der Waals surface area contributed by atoms with Gasteiger partial charge in [0.25, 0.3) is 0 Å². The highest BCUT2D eigenvalue weighted by Crippen LogP contribution is 2.28. The molecule has 1 N–H and O–H groups in total. The van der Waals surface area contributed by atoms with Gasteiger partial charge in [0.2, 0.25) is 11.8 Å². The molecule has 1 aromatic heterocycles. The second-order valence-corrected chi connectivity index (χ2v) is 3.78. The van der Waals surface area contributed by atoms with E-state index in [1.54, 1.807) is 36.4 Å². The standard InChI is InChI=1S/C14H11N3O2/c1-10(18)17-12-4-2-3-5-13(12)19-14-7-6-11(8-15)9-16-14/h2-7,9H,1H3,(H,17,18). The van der Waals surface area contributed by atoms with Gasteiger partial charge in [-0.15, -0.1) is 0 Å². The quantitative estimate of drug-likeness (QED) is 0.912. The van der Waals surface area contributed by atoms with Crippen molar-refractivity contribution in [3.63, 3.8) is 0 Å². The predicted octanol–water partition coefficient (Wildman–Crippen LogP) is 2.70. The van der Waals surface area contributed by atoms with Gasteiger partial charge < -0.3 is 10.1 Å². The molecule has 5 heteroatoms.